The summed E-state index contributed by atoms with van der Waals surface area (Å²) < 4.78 is 0. The number of aryl methyl sites for hydroxylation is 1. The summed E-state index contributed by atoms with van der Waals surface area (Å²) in [6.45, 7) is 1.84. The summed E-state index contributed by atoms with van der Waals surface area (Å²) in [6, 6.07) is 13.1. The van der Waals surface area contributed by atoms with Gasteiger partial charge in [-0.2, -0.15) is 5.10 Å². The summed E-state index contributed by atoms with van der Waals surface area (Å²) >= 11 is 0. The van der Waals surface area contributed by atoms with Crippen LogP contribution in [0.3, 0.4) is 0 Å². The van der Waals surface area contributed by atoms with E-state index in [1.807, 2.05) is 43.3 Å². The lowest BCUT2D eigenvalue weighted by Gasteiger charge is -2.37. The maximum Gasteiger partial charge on any atom is 0.307 e. The van der Waals surface area contributed by atoms with Crippen molar-refractivity contribution in [1.82, 2.24) is 10.2 Å². The minimum atomic E-state index is -1.22. The Morgan fingerprint density at radius 1 is 1.20 bits per heavy atom. The van der Waals surface area contributed by atoms with E-state index in [0.717, 1.165) is 11.3 Å². The summed E-state index contributed by atoms with van der Waals surface area (Å²) in [5.41, 5.74) is 0.995. The molecule has 0 aliphatic heterocycles. The van der Waals surface area contributed by atoms with Crippen molar-refractivity contribution in [2.45, 2.75) is 37.7 Å². The highest BCUT2D eigenvalue weighted by Crippen LogP contribution is 2.42. The SMILES string of the molecule is Cc1ccc(C#CC2(O)CC[C@@H](C(=O)O)[C@H](c3ccccc3)C2)nn1. The lowest BCUT2D eigenvalue weighted by atomic mass is 9.69. The Kier molecular flexibility index (Phi) is 4.82. The van der Waals surface area contributed by atoms with Crippen LogP contribution in [-0.2, 0) is 4.79 Å². The molecule has 2 N–H and O–H groups in total. The molecule has 128 valence electrons. The highest BCUT2D eigenvalue weighted by atomic mass is 16.4. The molecule has 1 aromatic carbocycles. The molecule has 0 bridgehead atoms. The minimum Gasteiger partial charge on any atom is -0.481 e. The number of benzene rings is 1. The van der Waals surface area contributed by atoms with Crippen LogP contribution in [0, 0.1) is 24.7 Å². The largest absolute Gasteiger partial charge is 0.481 e. The van der Waals surface area contributed by atoms with Crippen LogP contribution >= 0.6 is 0 Å². The summed E-state index contributed by atoms with van der Waals surface area (Å²) in [5, 5.41) is 28.4. The summed E-state index contributed by atoms with van der Waals surface area (Å²) in [5.74, 6) is 4.18. The summed E-state index contributed by atoms with van der Waals surface area (Å²) in [4.78, 5) is 11.6. The molecule has 1 aliphatic rings. The minimum absolute atomic E-state index is 0.268. The standard InChI is InChI=1S/C20H20N2O3/c1-14-7-8-16(22-21-14)9-11-20(25)12-10-17(19(23)24)18(13-20)15-5-3-2-4-6-15/h2-8,17-18,25H,10,12-13H2,1H3,(H,23,24)/t17-,18+,20?/m1/s1. The molecule has 1 saturated carbocycles. The molecule has 0 radical (unpaired) electrons. The maximum atomic E-state index is 11.6. The van der Waals surface area contributed by atoms with Crippen molar-refractivity contribution < 1.29 is 15.0 Å². The number of hydrogen-bond acceptors (Lipinski definition) is 4. The fourth-order valence-corrected chi connectivity index (χ4v) is 3.31. The first-order chi connectivity index (χ1) is 12.0. The van der Waals surface area contributed by atoms with E-state index in [0.29, 0.717) is 25.0 Å². The maximum absolute atomic E-state index is 11.6. The molecule has 1 heterocycles. The van der Waals surface area contributed by atoms with Gasteiger partial charge < -0.3 is 10.2 Å². The number of hydrogen-bond donors (Lipinski definition) is 2. The fourth-order valence-electron chi connectivity index (χ4n) is 3.31. The summed E-state index contributed by atoms with van der Waals surface area (Å²) in [6.07, 6.45) is 1.01. The molecule has 5 nitrogen and oxygen atoms in total. The van der Waals surface area contributed by atoms with Gasteiger partial charge in [0.2, 0.25) is 0 Å². The normalized spacial score (nSPS) is 25.7. The van der Waals surface area contributed by atoms with E-state index in [1.54, 1.807) is 6.07 Å². The number of aliphatic carboxylic acids is 1. The van der Waals surface area contributed by atoms with Crippen LogP contribution in [-0.4, -0.2) is 32.0 Å². The van der Waals surface area contributed by atoms with E-state index in [4.69, 9.17) is 0 Å². The van der Waals surface area contributed by atoms with Crippen LogP contribution < -0.4 is 0 Å². The lowest BCUT2D eigenvalue weighted by Crippen LogP contribution is -2.39. The second kappa shape index (κ2) is 7.04. The van der Waals surface area contributed by atoms with Gasteiger partial charge in [-0.1, -0.05) is 36.3 Å². The molecular weight excluding hydrogens is 316 g/mol. The molecule has 3 rings (SSSR count). The van der Waals surface area contributed by atoms with Gasteiger partial charge in [-0.25, -0.2) is 0 Å². The van der Waals surface area contributed by atoms with Gasteiger partial charge in [0.05, 0.1) is 11.6 Å². The van der Waals surface area contributed by atoms with Crippen molar-refractivity contribution in [3.63, 3.8) is 0 Å². The summed E-state index contributed by atoms with van der Waals surface area (Å²) in [7, 11) is 0. The molecule has 0 amide bonds. The molecule has 5 heteroatoms. The smallest absolute Gasteiger partial charge is 0.307 e. The van der Waals surface area contributed by atoms with Crippen LogP contribution in [0.1, 0.15) is 42.1 Å². The first kappa shape index (κ1) is 17.1. The molecule has 0 spiro atoms. The van der Waals surface area contributed by atoms with Crippen molar-refractivity contribution in [3.8, 4) is 11.8 Å². The number of rotatable bonds is 2. The van der Waals surface area contributed by atoms with Gasteiger partial charge in [0, 0.05) is 5.92 Å². The Bertz CT molecular complexity index is 808. The second-order valence-corrected chi connectivity index (χ2v) is 6.55. The topological polar surface area (TPSA) is 83.3 Å². The van der Waals surface area contributed by atoms with Crippen molar-refractivity contribution in [2.75, 3.05) is 0 Å². The van der Waals surface area contributed by atoms with E-state index in [9.17, 15) is 15.0 Å². The van der Waals surface area contributed by atoms with E-state index in [-0.39, 0.29) is 5.92 Å². The van der Waals surface area contributed by atoms with Gasteiger partial charge in [0.15, 0.2) is 0 Å². The molecule has 1 unspecified atom stereocenters. The van der Waals surface area contributed by atoms with Crippen molar-refractivity contribution in [1.29, 1.82) is 0 Å². The Morgan fingerprint density at radius 2 is 1.96 bits per heavy atom. The van der Waals surface area contributed by atoms with Crippen LogP contribution in [0.5, 0.6) is 0 Å². The molecule has 0 saturated heterocycles. The van der Waals surface area contributed by atoms with Crippen molar-refractivity contribution in [3.05, 3.63) is 59.4 Å². The molecular formula is C20H20N2O3. The van der Waals surface area contributed by atoms with Crippen LogP contribution in [0.2, 0.25) is 0 Å². The average molecular weight is 336 g/mol. The van der Waals surface area contributed by atoms with Gasteiger partial charge in [-0.3, -0.25) is 4.79 Å². The molecule has 25 heavy (non-hydrogen) atoms. The zero-order valence-electron chi connectivity index (χ0n) is 14.0. The Labute approximate surface area is 146 Å². The van der Waals surface area contributed by atoms with Crippen molar-refractivity contribution >= 4 is 5.97 Å². The lowest BCUT2D eigenvalue weighted by molar-refractivity contribution is -0.145. The zero-order chi connectivity index (χ0) is 17.9. The predicted octanol–water partition coefficient (Wildman–Crippen LogP) is 2.54. The molecule has 1 aliphatic carbocycles. The Balaban J connectivity index is 1.86. The highest BCUT2D eigenvalue weighted by Gasteiger charge is 2.42. The van der Waals surface area contributed by atoms with E-state index in [1.165, 1.54) is 0 Å². The van der Waals surface area contributed by atoms with E-state index >= 15 is 0 Å². The molecule has 2 aromatic rings. The van der Waals surface area contributed by atoms with Gasteiger partial charge in [0.25, 0.3) is 0 Å². The highest BCUT2D eigenvalue weighted by molar-refractivity contribution is 5.71. The monoisotopic (exact) mass is 336 g/mol. The third kappa shape index (κ3) is 4.04. The van der Waals surface area contributed by atoms with Gasteiger partial charge in [-0.15, -0.1) is 5.10 Å². The molecule has 3 atom stereocenters. The Hall–Kier alpha value is -2.71. The number of aromatic nitrogens is 2. The first-order valence-electron chi connectivity index (χ1n) is 8.30. The number of nitrogens with zero attached hydrogens (tertiary/aromatic N) is 2. The third-order valence-corrected chi connectivity index (χ3v) is 4.68. The third-order valence-electron chi connectivity index (χ3n) is 4.68. The van der Waals surface area contributed by atoms with Crippen LogP contribution in [0.15, 0.2) is 42.5 Å². The number of carboxylic acids is 1. The Morgan fingerprint density at radius 3 is 2.60 bits per heavy atom. The quantitative estimate of drug-likeness (QED) is 0.824. The average Bonchev–Trinajstić information content (AvgIpc) is 2.62. The van der Waals surface area contributed by atoms with Crippen LogP contribution in [0.25, 0.3) is 0 Å². The number of carboxylic acid groups (broad SMARTS) is 1. The first-order valence-corrected chi connectivity index (χ1v) is 8.30. The van der Waals surface area contributed by atoms with Crippen molar-refractivity contribution in [2.24, 2.45) is 5.92 Å². The van der Waals surface area contributed by atoms with E-state index < -0.39 is 17.5 Å². The number of aliphatic hydroxyl groups is 1. The molecule has 1 aromatic heterocycles. The predicted molar refractivity (Wildman–Crippen MR) is 92.8 cm³/mol. The van der Waals surface area contributed by atoms with Gasteiger partial charge in [0.1, 0.15) is 11.3 Å². The second-order valence-electron chi connectivity index (χ2n) is 6.55. The molecule has 1 fully saturated rings. The van der Waals surface area contributed by atoms with Gasteiger partial charge in [-0.05, 0) is 49.8 Å². The van der Waals surface area contributed by atoms with Crippen LogP contribution in [0.4, 0.5) is 0 Å². The zero-order valence-corrected chi connectivity index (χ0v) is 14.0. The van der Waals surface area contributed by atoms with Gasteiger partial charge >= 0.3 is 5.97 Å². The fraction of sp³-hybridized carbons (Fsp3) is 0.350. The number of carbonyl (C=O) groups is 1. The van der Waals surface area contributed by atoms with E-state index in [2.05, 4.69) is 22.0 Å².